The number of nitrogens with one attached hydrogen (secondary N) is 1. The molecular formula is C22H18N4O5S. The Bertz CT molecular complexity index is 1310. The fraction of sp³-hybridized carbons (Fsp3) is 0.0909. The van der Waals surface area contributed by atoms with Gasteiger partial charge in [0.05, 0.1) is 24.8 Å². The number of non-ortho nitro benzene ring substituents is 1. The lowest BCUT2D eigenvalue weighted by atomic mass is 10.2. The van der Waals surface area contributed by atoms with Crippen LogP contribution in [-0.2, 0) is 0 Å². The van der Waals surface area contributed by atoms with Crippen LogP contribution in [0, 0.1) is 14.9 Å². The zero-order valence-corrected chi connectivity index (χ0v) is 18.0. The normalized spacial score (nSPS) is 10.6. The van der Waals surface area contributed by atoms with Gasteiger partial charge in [0.2, 0.25) is 0 Å². The molecule has 0 aliphatic rings. The summed E-state index contributed by atoms with van der Waals surface area (Å²) in [6, 6.07) is 18.6. The molecule has 10 heteroatoms. The summed E-state index contributed by atoms with van der Waals surface area (Å²) in [7, 11) is 3.15. The molecule has 0 amide bonds. The number of ether oxygens (including phenoxy) is 3. The molecule has 9 nitrogen and oxygen atoms in total. The van der Waals surface area contributed by atoms with Gasteiger partial charge in [-0.25, -0.2) is 0 Å². The Kier molecular flexibility index (Phi) is 5.86. The number of methoxy groups -OCH3 is 2. The van der Waals surface area contributed by atoms with Crippen molar-refractivity contribution in [2.45, 2.75) is 0 Å². The fourth-order valence-electron chi connectivity index (χ4n) is 3.14. The molecule has 0 spiro atoms. The van der Waals surface area contributed by atoms with Crippen LogP contribution in [0.25, 0.3) is 17.1 Å². The Labute approximate surface area is 188 Å². The van der Waals surface area contributed by atoms with Gasteiger partial charge in [-0.3, -0.25) is 19.8 Å². The first kappa shape index (κ1) is 21.1. The second-order valence-electron chi connectivity index (χ2n) is 6.60. The van der Waals surface area contributed by atoms with E-state index in [1.807, 2.05) is 24.3 Å². The Balaban J connectivity index is 1.62. The van der Waals surface area contributed by atoms with Crippen molar-refractivity contribution in [3.05, 3.63) is 81.6 Å². The third-order valence-electron chi connectivity index (χ3n) is 4.69. The van der Waals surface area contributed by atoms with Gasteiger partial charge in [0, 0.05) is 17.7 Å². The van der Waals surface area contributed by atoms with Crippen molar-refractivity contribution in [2.24, 2.45) is 0 Å². The summed E-state index contributed by atoms with van der Waals surface area (Å²) >= 11 is 5.44. The van der Waals surface area contributed by atoms with Crippen molar-refractivity contribution < 1.29 is 19.1 Å². The maximum atomic E-state index is 10.8. The molecule has 0 unspecified atom stereocenters. The zero-order valence-electron chi connectivity index (χ0n) is 17.1. The van der Waals surface area contributed by atoms with Crippen LogP contribution in [0.3, 0.4) is 0 Å². The zero-order chi connectivity index (χ0) is 22.7. The van der Waals surface area contributed by atoms with Crippen LogP contribution < -0.4 is 14.2 Å². The summed E-state index contributed by atoms with van der Waals surface area (Å²) in [5.41, 5.74) is 1.58. The second-order valence-corrected chi connectivity index (χ2v) is 6.99. The topological polar surface area (TPSA) is 104 Å². The van der Waals surface area contributed by atoms with Gasteiger partial charge in [-0.1, -0.05) is 0 Å². The molecule has 4 aromatic rings. The average molecular weight is 450 g/mol. The molecule has 162 valence electrons. The van der Waals surface area contributed by atoms with E-state index in [1.165, 1.54) is 12.1 Å². The number of rotatable bonds is 7. The van der Waals surface area contributed by atoms with E-state index in [4.69, 9.17) is 26.4 Å². The Hall–Kier alpha value is -4.18. The highest BCUT2D eigenvalue weighted by atomic mass is 32.1. The average Bonchev–Trinajstić information content (AvgIpc) is 3.20. The van der Waals surface area contributed by atoms with Crippen LogP contribution in [0.15, 0.2) is 66.7 Å². The van der Waals surface area contributed by atoms with Gasteiger partial charge in [0.25, 0.3) is 5.69 Å². The number of H-pyrrole nitrogens is 1. The van der Waals surface area contributed by atoms with E-state index < -0.39 is 4.92 Å². The van der Waals surface area contributed by atoms with E-state index in [0.717, 1.165) is 11.3 Å². The first-order chi connectivity index (χ1) is 15.5. The van der Waals surface area contributed by atoms with E-state index in [9.17, 15) is 10.1 Å². The monoisotopic (exact) mass is 450 g/mol. The van der Waals surface area contributed by atoms with Gasteiger partial charge in [0.15, 0.2) is 22.1 Å². The Morgan fingerprint density at radius 3 is 2.16 bits per heavy atom. The summed E-state index contributed by atoms with van der Waals surface area (Å²) in [4.78, 5) is 10.3. The molecule has 3 aromatic carbocycles. The Morgan fingerprint density at radius 2 is 1.56 bits per heavy atom. The number of nitro groups is 1. The van der Waals surface area contributed by atoms with E-state index in [-0.39, 0.29) is 5.69 Å². The molecule has 1 heterocycles. The van der Waals surface area contributed by atoms with Crippen LogP contribution in [0.4, 0.5) is 5.69 Å². The molecule has 0 saturated heterocycles. The lowest BCUT2D eigenvalue weighted by molar-refractivity contribution is -0.384. The maximum Gasteiger partial charge on any atom is 0.269 e. The van der Waals surface area contributed by atoms with Crippen LogP contribution in [0.1, 0.15) is 0 Å². The Morgan fingerprint density at radius 1 is 0.938 bits per heavy atom. The number of aromatic amines is 1. The molecule has 0 radical (unpaired) electrons. The smallest absolute Gasteiger partial charge is 0.269 e. The largest absolute Gasteiger partial charge is 0.493 e. The van der Waals surface area contributed by atoms with Gasteiger partial charge >= 0.3 is 0 Å². The number of nitro benzene ring substituents is 1. The summed E-state index contributed by atoms with van der Waals surface area (Å²) in [5, 5.41) is 18.0. The molecular weight excluding hydrogens is 432 g/mol. The van der Waals surface area contributed by atoms with Gasteiger partial charge in [-0.05, 0) is 66.8 Å². The highest BCUT2D eigenvalue weighted by Gasteiger charge is 2.14. The molecule has 32 heavy (non-hydrogen) atoms. The van der Waals surface area contributed by atoms with Gasteiger partial charge in [-0.15, -0.1) is 0 Å². The first-order valence-corrected chi connectivity index (χ1v) is 9.83. The lowest BCUT2D eigenvalue weighted by Crippen LogP contribution is -1.99. The predicted octanol–water partition coefficient (Wildman–Crippen LogP) is 5.31. The molecule has 0 bridgehead atoms. The number of hydrogen-bond acceptors (Lipinski definition) is 7. The molecule has 0 atom stereocenters. The summed E-state index contributed by atoms with van der Waals surface area (Å²) < 4.78 is 18.7. The summed E-state index contributed by atoms with van der Waals surface area (Å²) in [6.45, 7) is 0. The van der Waals surface area contributed by atoms with Crippen molar-refractivity contribution in [1.82, 2.24) is 14.8 Å². The minimum atomic E-state index is -0.455. The van der Waals surface area contributed by atoms with Crippen molar-refractivity contribution in [1.29, 1.82) is 0 Å². The van der Waals surface area contributed by atoms with E-state index >= 15 is 0 Å². The minimum absolute atomic E-state index is 0.00437. The third kappa shape index (κ3) is 4.16. The SMILES string of the molecule is COc1ccc(-c2n[nH]c(=S)n2-c2ccc(Oc3ccc([N+](=O)[O-])cc3)cc2)cc1OC. The predicted molar refractivity (Wildman–Crippen MR) is 120 cm³/mol. The molecule has 0 aliphatic heterocycles. The molecule has 4 rings (SSSR count). The second kappa shape index (κ2) is 8.90. The van der Waals surface area contributed by atoms with E-state index in [1.54, 1.807) is 49.1 Å². The highest BCUT2D eigenvalue weighted by molar-refractivity contribution is 7.71. The van der Waals surface area contributed by atoms with Gasteiger partial charge < -0.3 is 14.2 Å². The van der Waals surface area contributed by atoms with Crippen LogP contribution >= 0.6 is 12.2 Å². The quantitative estimate of drug-likeness (QED) is 0.231. The third-order valence-corrected chi connectivity index (χ3v) is 4.97. The van der Waals surface area contributed by atoms with Crippen molar-refractivity contribution >= 4 is 17.9 Å². The van der Waals surface area contributed by atoms with Crippen LogP contribution in [0.5, 0.6) is 23.0 Å². The molecule has 0 saturated carbocycles. The standard InChI is InChI=1S/C22H18N4O5S/c1-29-19-12-3-14(13-20(19)30-2)21-23-24-22(32)25(21)15-4-8-17(9-5-15)31-18-10-6-16(7-11-18)26(27)28/h3-13H,1-2H3,(H,24,32). The maximum absolute atomic E-state index is 10.8. The number of aromatic nitrogens is 3. The number of nitrogens with zero attached hydrogens (tertiary/aromatic N) is 3. The van der Waals surface area contributed by atoms with E-state index in [0.29, 0.717) is 33.6 Å². The van der Waals surface area contributed by atoms with Crippen LogP contribution in [-0.4, -0.2) is 33.9 Å². The number of benzene rings is 3. The van der Waals surface area contributed by atoms with Crippen molar-refractivity contribution in [3.63, 3.8) is 0 Å². The first-order valence-electron chi connectivity index (χ1n) is 9.42. The molecule has 1 aromatic heterocycles. The van der Waals surface area contributed by atoms with Gasteiger partial charge in [-0.2, -0.15) is 5.10 Å². The van der Waals surface area contributed by atoms with E-state index in [2.05, 4.69) is 10.2 Å². The van der Waals surface area contributed by atoms with Crippen LogP contribution in [0.2, 0.25) is 0 Å². The summed E-state index contributed by atoms with van der Waals surface area (Å²) in [5.74, 6) is 2.88. The van der Waals surface area contributed by atoms with Crippen molar-refractivity contribution in [2.75, 3.05) is 14.2 Å². The molecule has 0 fully saturated rings. The number of hydrogen-bond donors (Lipinski definition) is 1. The van der Waals surface area contributed by atoms with Crippen molar-refractivity contribution in [3.8, 4) is 40.1 Å². The summed E-state index contributed by atoms with van der Waals surface area (Å²) in [6.07, 6.45) is 0. The highest BCUT2D eigenvalue weighted by Crippen LogP contribution is 2.33. The van der Waals surface area contributed by atoms with Gasteiger partial charge in [0.1, 0.15) is 11.5 Å². The molecule has 0 aliphatic carbocycles. The minimum Gasteiger partial charge on any atom is -0.493 e. The lowest BCUT2D eigenvalue weighted by Gasteiger charge is -2.11. The fourth-order valence-corrected chi connectivity index (χ4v) is 3.38. The molecule has 1 N–H and O–H groups in total.